The van der Waals surface area contributed by atoms with E-state index in [0.717, 1.165) is 37.6 Å². The Kier molecular flexibility index (Phi) is 5.91. The first kappa shape index (κ1) is 21.7. The summed E-state index contributed by atoms with van der Waals surface area (Å²) in [6, 6.07) is 18.3. The second kappa shape index (κ2) is 9.00. The van der Waals surface area contributed by atoms with Crippen molar-refractivity contribution in [3.05, 3.63) is 71.9 Å². The quantitative estimate of drug-likeness (QED) is 0.586. The highest BCUT2D eigenvalue weighted by Gasteiger charge is 2.53. The summed E-state index contributed by atoms with van der Waals surface area (Å²) in [5, 5.41) is 11.8. The second-order valence-corrected chi connectivity index (χ2v) is 8.87. The molecule has 7 nitrogen and oxygen atoms in total. The van der Waals surface area contributed by atoms with Crippen molar-refractivity contribution in [2.24, 2.45) is 11.8 Å². The Labute approximate surface area is 194 Å². The minimum Gasteiger partial charge on any atom is -0.481 e. The van der Waals surface area contributed by atoms with Crippen LogP contribution in [0.3, 0.4) is 0 Å². The summed E-state index contributed by atoms with van der Waals surface area (Å²) in [5.74, 6) is 2.56. The van der Waals surface area contributed by atoms with Crippen LogP contribution in [0.15, 0.2) is 60.8 Å². The highest BCUT2D eigenvalue weighted by molar-refractivity contribution is 5.35. The van der Waals surface area contributed by atoms with E-state index in [1.807, 2.05) is 42.5 Å². The number of aliphatic hydroxyl groups is 1. The molecule has 1 saturated carbocycles. The average molecular weight is 448 g/mol. The first-order chi connectivity index (χ1) is 16.1. The molecule has 2 aromatic carbocycles. The number of methoxy groups -OCH3 is 2. The van der Waals surface area contributed by atoms with Crippen LogP contribution in [0.5, 0.6) is 23.4 Å². The zero-order chi connectivity index (χ0) is 22.8. The fraction of sp³-hybridized carbons (Fsp3) is 0.385. The minimum atomic E-state index is -1.00. The highest BCUT2D eigenvalue weighted by Crippen LogP contribution is 2.52. The molecule has 172 valence electrons. The van der Waals surface area contributed by atoms with Gasteiger partial charge >= 0.3 is 6.01 Å². The van der Waals surface area contributed by atoms with Gasteiger partial charge in [-0.2, -0.15) is 4.98 Å². The Morgan fingerprint density at radius 3 is 2.64 bits per heavy atom. The van der Waals surface area contributed by atoms with Gasteiger partial charge in [0.1, 0.15) is 17.1 Å². The van der Waals surface area contributed by atoms with Crippen molar-refractivity contribution in [2.45, 2.75) is 25.0 Å². The van der Waals surface area contributed by atoms with Crippen molar-refractivity contribution < 1.29 is 19.3 Å². The summed E-state index contributed by atoms with van der Waals surface area (Å²) in [7, 11) is 3.08. The Hall–Kier alpha value is -3.16. The van der Waals surface area contributed by atoms with Crippen molar-refractivity contribution in [2.75, 3.05) is 27.3 Å². The van der Waals surface area contributed by atoms with Gasteiger partial charge in [0.05, 0.1) is 19.8 Å². The lowest BCUT2D eigenvalue weighted by molar-refractivity contribution is -0.00972. The second-order valence-electron chi connectivity index (χ2n) is 8.87. The van der Waals surface area contributed by atoms with Gasteiger partial charge in [0, 0.05) is 31.7 Å². The number of fused-ring (bicyclic) bond motifs is 1. The van der Waals surface area contributed by atoms with Crippen molar-refractivity contribution in [1.82, 2.24) is 14.9 Å². The topological polar surface area (TPSA) is 76.9 Å². The van der Waals surface area contributed by atoms with E-state index in [4.69, 9.17) is 14.2 Å². The van der Waals surface area contributed by atoms with Crippen LogP contribution in [-0.4, -0.2) is 47.3 Å². The first-order valence-electron chi connectivity index (χ1n) is 11.3. The number of likely N-dealkylation sites (tertiary alicyclic amines) is 1. The molecule has 1 saturated heterocycles. The van der Waals surface area contributed by atoms with Crippen LogP contribution in [0.2, 0.25) is 0 Å². The average Bonchev–Trinajstić information content (AvgIpc) is 3.39. The zero-order valence-corrected chi connectivity index (χ0v) is 19.0. The van der Waals surface area contributed by atoms with Gasteiger partial charge in [-0.3, -0.25) is 4.90 Å². The summed E-state index contributed by atoms with van der Waals surface area (Å²) in [5.41, 5.74) is 0.839. The van der Waals surface area contributed by atoms with E-state index in [0.29, 0.717) is 23.8 Å². The number of ether oxygens (including phenoxy) is 3. The Balaban J connectivity index is 1.30. The molecule has 0 bridgehead atoms. The number of nitrogens with zero attached hydrogens (tertiary/aromatic N) is 3. The maximum Gasteiger partial charge on any atom is 0.319 e. The molecule has 0 unspecified atom stereocenters. The van der Waals surface area contributed by atoms with Crippen molar-refractivity contribution in [3.63, 3.8) is 0 Å². The maximum atomic E-state index is 11.8. The van der Waals surface area contributed by atoms with Gasteiger partial charge in [-0.25, -0.2) is 4.98 Å². The fourth-order valence-corrected chi connectivity index (χ4v) is 5.34. The molecule has 3 aromatic rings. The van der Waals surface area contributed by atoms with Crippen molar-refractivity contribution >= 4 is 0 Å². The van der Waals surface area contributed by atoms with Crippen molar-refractivity contribution in [1.29, 1.82) is 0 Å². The molecular weight excluding hydrogens is 418 g/mol. The number of hydrogen-bond acceptors (Lipinski definition) is 7. The Morgan fingerprint density at radius 2 is 1.85 bits per heavy atom. The van der Waals surface area contributed by atoms with Gasteiger partial charge in [-0.05, 0) is 48.6 Å². The SMILES string of the molecule is COc1ncc([C@]2(O)CC[C@H]3CN(Cc4cccc(Oc5ccccc5)c4)C[C@H]32)c(OC)n1. The number of para-hydroxylation sites is 1. The monoisotopic (exact) mass is 447 g/mol. The third-order valence-electron chi connectivity index (χ3n) is 6.88. The van der Waals surface area contributed by atoms with Crippen LogP contribution in [0.4, 0.5) is 0 Å². The van der Waals surface area contributed by atoms with Crippen LogP contribution in [-0.2, 0) is 12.1 Å². The maximum absolute atomic E-state index is 11.8. The predicted octanol–water partition coefficient (Wildman–Crippen LogP) is 4.02. The molecule has 2 aliphatic rings. The lowest BCUT2D eigenvalue weighted by Crippen LogP contribution is -2.35. The van der Waals surface area contributed by atoms with Crippen molar-refractivity contribution in [3.8, 4) is 23.4 Å². The molecule has 2 fully saturated rings. The van der Waals surface area contributed by atoms with E-state index in [1.165, 1.54) is 12.7 Å². The Morgan fingerprint density at radius 1 is 1.03 bits per heavy atom. The lowest BCUT2D eigenvalue weighted by Gasteiger charge is -2.31. The normalized spacial score (nSPS) is 24.5. The number of benzene rings is 2. The smallest absolute Gasteiger partial charge is 0.319 e. The molecule has 1 aliphatic carbocycles. The van der Waals surface area contributed by atoms with Gasteiger partial charge in [0.25, 0.3) is 0 Å². The third kappa shape index (κ3) is 4.26. The van der Waals surface area contributed by atoms with E-state index in [-0.39, 0.29) is 11.9 Å². The summed E-state index contributed by atoms with van der Waals surface area (Å²) in [6.07, 6.45) is 3.30. The molecule has 0 radical (unpaired) electrons. The molecule has 7 heteroatoms. The molecule has 5 rings (SSSR count). The summed E-state index contributed by atoms with van der Waals surface area (Å²) >= 11 is 0. The van der Waals surface area contributed by atoms with Crippen LogP contribution in [0.1, 0.15) is 24.0 Å². The molecule has 2 heterocycles. The molecule has 1 aromatic heterocycles. The number of rotatable bonds is 7. The molecular formula is C26H29N3O4. The van der Waals surface area contributed by atoms with E-state index in [1.54, 1.807) is 13.3 Å². The number of hydrogen-bond donors (Lipinski definition) is 1. The standard InChI is InChI=1S/C26H29N3O4/c1-31-24-22(14-27-25(28-24)32-2)26(30)12-11-19-16-29(17-23(19)26)15-18-7-6-10-21(13-18)33-20-8-4-3-5-9-20/h3-10,13-14,19,23,30H,11-12,15-17H2,1-2H3/t19-,23+,26+/m0/s1. The van der Waals surface area contributed by atoms with E-state index >= 15 is 0 Å². The summed E-state index contributed by atoms with van der Waals surface area (Å²) < 4.78 is 16.6. The molecule has 1 aliphatic heterocycles. The summed E-state index contributed by atoms with van der Waals surface area (Å²) in [6.45, 7) is 2.57. The zero-order valence-electron chi connectivity index (χ0n) is 19.0. The molecule has 3 atom stereocenters. The van der Waals surface area contributed by atoms with Crippen LogP contribution in [0, 0.1) is 11.8 Å². The molecule has 1 N–H and O–H groups in total. The predicted molar refractivity (Wildman–Crippen MR) is 123 cm³/mol. The van der Waals surface area contributed by atoms with E-state index in [9.17, 15) is 5.11 Å². The fourth-order valence-electron chi connectivity index (χ4n) is 5.34. The van der Waals surface area contributed by atoms with Gasteiger partial charge < -0.3 is 19.3 Å². The Bertz CT molecular complexity index is 1110. The molecule has 0 spiro atoms. The van der Waals surface area contributed by atoms with Crippen LogP contribution < -0.4 is 14.2 Å². The summed E-state index contributed by atoms with van der Waals surface area (Å²) in [4.78, 5) is 11.0. The van der Waals surface area contributed by atoms with Gasteiger partial charge in [0.2, 0.25) is 5.88 Å². The van der Waals surface area contributed by atoms with E-state index < -0.39 is 5.60 Å². The van der Waals surface area contributed by atoms with Gasteiger partial charge in [0.15, 0.2) is 0 Å². The largest absolute Gasteiger partial charge is 0.481 e. The molecule has 33 heavy (non-hydrogen) atoms. The lowest BCUT2D eigenvalue weighted by atomic mass is 9.83. The highest BCUT2D eigenvalue weighted by atomic mass is 16.5. The van der Waals surface area contributed by atoms with Crippen LogP contribution in [0.25, 0.3) is 0 Å². The molecule has 0 amide bonds. The first-order valence-corrected chi connectivity index (χ1v) is 11.3. The third-order valence-corrected chi connectivity index (χ3v) is 6.88. The van der Waals surface area contributed by atoms with Crippen LogP contribution >= 0.6 is 0 Å². The van der Waals surface area contributed by atoms with Gasteiger partial charge in [-0.1, -0.05) is 30.3 Å². The minimum absolute atomic E-state index is 0.104. The number of aromatic nitrogens is 2. The van der Waals surface area contributed by atoms with Gasteiger partial charge in [-0.15, -0.1) is 0 Å². The van der Waals surface area contributed by atoms with E-state index in [2.05, 4.69) is 27.0 Å².